The number of hydrogen-bond acceptors (Lipinski definition) is 14. The number of methoxy groups -OCH3 is 1. The standard InChI is InChI=1S/C45H51ClN10O8/c1-47-38(58)24-64-36-20-28-19-29(3-6-34(28)55(43(36)62)17-18-63-2)49-39-33(46)22-48-44(51-39)53-13-9-27(10-14-53)23-52-15-11-45(12-16-52)25-54(26-45)30-4-5-31-32(21-30)42(61)56(41(31)60)35-7-8-37(57)50-40(35)59/h3-6,19-22,27,35H,7-18,23-26H2,1-2H3,(H,47,58)(H,48,49,51)(H,50,57,59). The van der Waals surface area contributed by atoms with Gasteiger partial charge in [-0.05, 0) is 93.6 Å². The molecule has 4 aromatic rings. The molecule has 5 amide bonds. The first-order valence-electron chi connectivity index (χ1n) is 21.8. The van der Waals surface area contributed by atoms with Gasteiger partial charge in [-0.2, -0.15) is 4.98 Å². The van der Waals surface area contributed by atoms with Crippen LogP contribution >= 0.6 is 11.6 Å². The Morgan fingerprint density at radius 3 is 2.44 bits per heavy atom. The summed E-state index contributed by atoms with van der Waals surface area (Å²) >= 11 is 6.61. The van der Waals surface area contributed by atoms with Crippen LogP contribution in [-0.4, -0.2) is 133 Å². The van der Waals surface area contributed by atoms with E-state index >= 15 is 0 Å². The SMILES string of the molecule is CNC(=O)COc1cc2cc(Nc3nc(N4CCC(CN5CCC6(CC5)CN(c5ccc7c(c5)C(=O)N(C5CCC(=O)NC5=O)C7=O)C6)CC4)ncc3Cl)ccc2n(CCOC)c1=O. The van der Waals surface area contributed by atoms with Crippen LogP contribution in [0.5, 0.6) is 5.75 Å². The smallest absolute Gasteiger partial charge is 0.293 e. The lowest BCUT2D eigenvalue weighted by Gasteiger charge is -2.55. The fraction of sp³-hybridized carbons (Fsp3) is 0.467. The van der Waals surface area contributed by atoms with Crippen molar-refractivity contribution in [3.05, 3.63) is 75.2 Å². The van der Waals surface area contributed by atoms with Gasteiger partial charge in [-0.25, -0.2) is 4.98 Å². The first-order valence-corrected chi connectivity index (χ1v) is 22.2. The zero-order valence-corrected chi connectivity index (χ0v) is 36.6. The summed E-state index contributed by atoms with van der Waals surface area (Å²) in [4.78, 5) is 93.3. The van der Waals surface area contributed by atoms with Gasteiger partial charge in [0.2, 0.25) is 17.8 Å². The van der Waals surface area contributed by atoms with Gasteiger partial charge in [-0.3, -0.25) is 39.0 Å². The van der Waals surface area contributed by atoms with Crippen molar-refractivity contribution in [2.24, 2.45) is 11.3 Å². The van der Waals surface area contributed by atoms with Crippen molar-refractivity contribution in [2.75, 3.05) is 88.3 Å². The second-order valence-corrected chi connectivity index (χ2v) is 17.9. The molecule has 9 rings (SSSR count). The fourth-order valence-electron chi connectivity index (χ4n) is 9.71. The van der Waals surface area contributed by atoms with Gasteiger partial charge >= 0.3 is 0 Å². The van der Waals surface area contributed by atoms with Gasteiger partial charge in [0.15, 0.2) is 18.2 Å². The number of likely N-dealkylation sites (tertiary alicyclic amines) is 1. The first-order chi connectivity index (χ1) is 30.9. The summed E-state index contributed by atoms with van der Waals surface area (Å²) in [5, 5.41) is 9.17. The highest BCUT2D eigenvalue weighted by Crippen LogP contribution is 2.44. The number of anilines is 4. The van der Waals surface area contributed by atoms with Gasteiger partial charge in [0, 0.05) is 82.0 Å². The molecule has 4 fully saturated rings. The summed E-state index contributed by atoms with van der Waals surface area (Å²) < 4.78 is 12.4. The second kappa shape index (κ2) is 17.8. The number of likely N-dealkylation sites (N-methyl/N-ethyl adjacent to an activating group) is 1. The van der Waals surface area contributed by atoms with Crippen molar-refractivity contribution in [1.82, 2.24) is 35.0 Å². The second-order valence-electron chi connectivity index (χ2n) is 17.4. The topological polar surface area (TPSA) is 201 Å². The molecule has 1 unspecified atom stereocenters. The summed E-state index contributed by atoms with van der Waals surface area (Å²) in [5.41, 5.74) is 2.76. The molecule has 0 aliphatic carbocycles. The highest BCUT2D eigenvalue weighted by molar-refractivity contribution is 6.33. The summed E-state index contributed by atoms with van der Waals surface area (Å²) in [6.45, 7) is 6.88. The van der Waals surface area contributed by atoms with E-state index in [1.54, 1.807) is 36.1 Å². The van der Waals surface area contributed by atoms with E-state index in [9.17, 15) is 28.8 Å². The number of benzene rings is 2. The van der Waals surface area contributed by atoms with Crippen LogP contribution in [-0.2, 0) is 25.7 Å². The molecule has 1 atom stereocenters. The predicted octanol–water partition coefficient (Wildman–Crippen LogP) is 3.18. The molecule has 0 saturated carbocycles. The third-order valence-corrected chi connectivity index (χ3v) is 13.7. The number of halogens is 1. The summed E-state index contributed by atoms with van der Waals surface area (Å²) in [6.07, 6.45) is 6.06. The van der Waals surface area contributed by atoms with E-state index in [1.165, 1.54) is 7.05 Å². The lowest BCUT2D eigenvalue weighted by molar-refractivity contribution is -0.136. The van der Waals surface area contributed by atoms with Crippen LogP contribution in [0, 0.1) is 11.3 Å². The lowest BCUT2D eigenvalue weighted by Crippen LogP contribution is -2.60. The van der Waals surface area contributed by atoms with Gasteiger partial charge in [-0.1, -0.05) is 11.6 Å². The molecule has 4 saturated heterocycles. The number of imide groups is 2. The number of carbonyl (C=O) groups is 5. The van der Waals surface area contributed by atoms with Crippen molar-refractivity contribution in [3.63, 3.8) is 0 Å². The molecule has 2 aromatic carbocycles. The Balaban J connectivity index is 0.765. The summed E-state index contributed by atoms with van der Waals surface area (Å²) in [5.74, 6) is -0.645. The molecular formula is C45H51ClN10O8. The average Bonchev–Trinajstić information content (AvgIpc) is 3.53. The maximum atomic E-state index is 13.4. The molecule has 7 heterocycles. The highest BCUT2D eigenvalue weighted by atomic mass is 35.5. The Hall–Kier alpha value is -6.11. The van der Waals surface area contributed by atoms with E-state index in [1.807, 2.05) is 24.3 Å². The number of amides is 5. The quantitative estimate of drug-likeness (QED) is 0.165. The van der Waals surface area contributed by atoms with Crippen molar-refractivity contribution in [1.29, 1.82) is 0 Å². The monoisotopic (exact) mass is 894 g/mol. The van der Waals surface area contributed by atoms with Crippen LogP contribution in [0.1, 0.15) is 59.2 Å². The van der Waals surface area contributed by atoms with E-state index in [0.717, 1.165) is 87.5 Å². The van der Waals surface area contributed by atoms with Gasteiger partial charge < -0.3 is 39.4 Å². The third-order valence-electron chi connectivity index (χ3n) is 13.4. The molecule has 0 radical (unpaired) electrons. The largest absolute Gasteiger partial charge is 0.478 e. The predicted molar refractivity (Wildman–Crippen MR) is 238 cm³/mol. The molecule has 5 aliphatic heterocycles. The minimum atomic E-state index is -0.977. The molecule has 18 nitrogen and oxygen atoms in total. The van der Waals surface area contributed by atoms with E-state index < -0.39 is 29.7 Å². The van der Waals surface area contributed by atoms with Crippen molar-refractivity contribution in [3.8, 4) is 5.75 Å². The summed E-state index contributed by atoms with van der Waals surface area (Å²) in [7, 11) is 3.07. The van der Waals surface area contributed by atoms with Crippen LogP contribution in [0.2, 0.25) is 5.02 Å². The minimum Gasteiger partial charge on any atom is -0.478 e. The van der Waals surface area contributed by atoms with Gasteiger partial charge in [0.05, 0.1) is 29.4 Å². The molecule has 2 aromatic heterocycles. The normalized spacial score (nSPS) is 20.1. The maximum absolute atomic E-state index is 13.4. The minimum absolute atomic E-state index is 0.0574. The molecular weight excluding hydrogens is 844 g/mol. The lowest BCUT2D eigenvalue weighted by atomic mass is 9.71. The molecule has 3 N–H and O–H groups in total. The zero-order chi connectivity index (χ0) is 44.7. The average molecular weight is 895 g/mol. The number of nitrogens with one attached hydrogen (secondary N) is 3. The van der Waals surface area contributed by atoms with Crippen LogP contribution < -0.4 is 36.0 Å². The Labute approximate surface area is 374 Å². The number of piperidine rings is 3. The molecule has 64 heavy (non-hydrogen) atoms. The molecule has 1 spiro atoms. The van der Waals surface area contributed by atoms with Crippen LogP contribution in [0.15, 0.2) is 53.5 Å². The Bertz CT molecular complexity index is 2580. The van der Waals surface area contributed by atoms with Crippen molar-refractivity contribution < 1.29 is 33.4 Å². The van der Waals surface area contributed by atoms with Gasteiger partial charge in [-0.15, -0.1) is 0 Å². The number of rotatable bonds is 13. The van der Waals surface area contributed by atoms with E-state index in [2.05, 4.69) is 35.6 Å². The number of pyridine rings is 1. The Morgan fingerprint density at radius 1 is 0.938 bits per heavy atom. The Kier molecular flexibility index (Phi) is 12.0. The highest BCUT2D eigenvalue weighted by Gasteiger charge is 2.47. The number of fused-ring (bicyclic) bond motifs is 2. The van der Waals surface area contributed by atoms with Crippen LogP contribution in [0.4, 0.5) is 23.1 Å². The number of carbonyl (C=O) groups excluding carboxylic acids is 5. The van der Waals surface area contributed by atoms with E-state index in [0.29, 0.717) is 58.2 Å². The number of aromatic nitrogens is 3. The third kappa shape index (κ3) is 8.48. The van der Waals surface area contributed by atoms with E-state index in [-0.39, 0.29) is 42.1 Å². The van der Waals surface area contributed by atoms with Gasteiger partial charge in [0.25, 0.3) is 23.3 Å². The molecule has 5 aliphatic rings. The Morgan fingerprint density at radius 2 is 1.70 bits per heavy atom. The number of hydrogen-bond donors (Lipinski definition) is 3. The van der Waals surface area contributed by atoms with E-state index in [4.69, 9.17) is 26.1 Å². The van der Waals surface area contributed by atoms with Crippen molar-refractivity contribution in [2.45, 2.75) is 51.1 Å². The zero-order valence-electron chi connectivity index (χ0n) is 35.9. The molecule has 0 bridgehead atoms. The fourth-order valence-corrected chi connectivity index (χ4v) is 9.84. The first kappa shape index (κ1) is 43.2. The van der Waals surface area contributed by atoms with Crippen molar-refractivity contribution >= 4 is 75.2 Å². The van der Waals surface area contributed by atoms with Gasteiger partial charge in [0.1, 0.15) is 11.1 Å². The van der Waals surface area contributed by atoms with Crippen LogP contribution in [0.3, 0.4) is 0 Å². The molecule has 19 heteroatoms. The number of nitrogens with zero attached hydrogens (tertiary/aromatic N) is 7. The summed E-state index contributed by atoms with van der Waals surface area (Å²) in [6, 6.07) is 11.6. The number of ether oxygens (including phenoxy) is 2. The van der Waals surface area contributed by atoms with Crippen LogP contribution in [0.25, 0.3) is 10.9 Å². The molecule has 336 valence electrons. The maximum Gasteiger partial charge on any atom is 0.293 e.